The highest BCUT2D eigenvalue weighted by Gasteiger charge is 2.48. The molecule has 94 valence electrons. The van der Waals surface area contributed by atoms with E-state index in [1.165, 1.54) is 6.92 Å². The standard InChI is InChI=1S/C7H9F3O5S/c1-3-5(4-6(11)14-2)15-16(12,13)7(8,9)10/h4H,3H2,1-2H3/b5-4-. The normalized spacial score (nSPS) is 13.4. The molecule has 0 aromatic carbocycles. The third-order valence-electron chi connectivity index (χ3n) is 1.33. The lowest BCUT2D eigenvalue weighted by molar-refractivity contribution is -0.135. The van der Waals surface area contributed by atoms with Crippen LogP contribution < -0.4 is 0 Å². The Morgan fingerprint density at radius 3 is 2.19 bits per heavy atom. The van der Waals surface area contributed by atoms with E-state index in [4.69, 9.17) is 0 Å². The van der Waals surface area contributed by atoms with Crippen molar-refractivity contribution in [2.45, 2.75) is 18.9 Å². The molecule has 0 N–H and O–H groups in total. The van der Waals surface area contributed by atoms with E-state index in [2.05, 4.69) is 8.92 Å². The van der Waals surface area contributed by atoms with Gasteiger partial charge in [0.05, 0.1) is 13.2 Å². The van der Waals surface area contributed by atoms with Gasteiger partial charge in [-0.05, 0) is 0 Å². The van der Waals surface area contributed by atoms with Crippen molar-refractivity contribution >= 4 is 16.1 Å². The van der Waals surface area contributed by atoms with Crippen LogP contribution >= 0.6 is 0 Å². The van der Waals surface area contributed by atoms with Crippen LogP contribution in [-0.4, -0.2) is 27.0 Å². The summed E-state index contributed by atoms with van der Waals surface area (Å²) in [5.74, 6) is -1.65. The van der Waals surface area contributed by atoms with Crippen LogP contribution in [0, 0.1) is 0 Å². The number of carbonyl (C=O) groups is 1. The number of esters is 1. The fourth-order valence-electron chi connectivity index (χ4n) is 0.564. The van der Waals surface area contributed by atoms with Gasteiger partial charge in [-0.25, -0.2) is 4.79 Å². The van der Waals surface area contributed by atoms with Crippen molar-refractivity contribution in [2.24, 2.45) is 0 Å². The summed E-state index contributed by atoms with van der Waals surface area (Å²) in [7, 11) is -4.75. The number of halogens is 3. The van der Waals surface area contributed by atoms with Crippen molar-refractivity contribution in [3.63, 3.8) is 0 Å². The maximum absolute atomic E-state index is 11.9. The van der Waals surface area contributed by atoms with Crippen LogP contribution in [-0.2, 0) is 23.8 Å². The maximum atomic E-state index is 11.9. The van der Waals surface area contributed by atoms with Gasteiger partial charge in [-0.15, -0.1) is 0 Å². The molecule has 0 bridgehead atoms. The Morgan fingerprint density at radius 2 is 1.88 bits per heavy atom. The van der Waals surface area contributed by atoms with Gasteiger partial charge in [0, 0.05) is 6.42 Å². The van der Waals surface area contributed by atoms with Crippen LogP contribution in [0.5, 0.6) is 0 Å². The van der Waals surface area contributed by atoms with Crippen molar-refractivity contribution in [3.8, 4) is 0 Å². The summed E-state index contributed by atoms with van der Waals surface area (Å²) in [4.78, 5) is 10.7. The monoisotopic (exact) mass is 262 g/mol. The third-order valence-corrected chi connectivity index (χ3v) is 2.33. The van der Waals surface area contributed by atoms with Gasteiger partial charge in [0.15, 0.2) is 0 Å². The molecule has 0 amide bonds. The van der Waals surface area contributed by atoms with Crippen LogP contribution in [0.3, 0.4) is 0 Å². The molecule has 16 heavy (non-hydrogen) atoms. The highest BCUT2D eigenvalue weighted by atomic mass is 32.2. The van der Waals surface area contributed by atoms with Gasteiger partial charge in [0.25, 0.3) is 0 Å². The van der Waals surface area contributed by atoms with E-state index < -0.39 is 27.4 Å². The van der Waals surface area contributed by atoms with Gasteiger partial charge < -0.3 is 8.92 Å². The summed E-state index contributed by atoms with van der Waals surface area (Å²) in [6, 6.07) is 0. The van der Waals surface area contributed by atoms with Gasteiger partial charge in [-0.3, -0.25) is 0 Å². The molecule has 0 unspecified atom stereocenters. The molecule has 0 saturated heterocycles. The molecule has 0 radical (unpaired) electrons. The minimum atomic E-state index is -5.74. The molecule has 0 fully saturated rings. The van der Waals surface area contributed by atoms with E-state index >= 15 is 0 Å². The van der Waals surface area contributed by atoms with E-state index in [0.717, 1.165) is 7.11 Å². The molecule has 0 aromatic heterocycles. The second kappa shape index (κ2) is 5.19. The minimum Gasteiger partial charge on any atom is -0.466 e. The average molecular weight is 262 g/mol. The molecule has 0 heterocycles. The van der Waals surface area contributed by atoms with Crippen molar-refractivity contribution in [2.75, 3.05) is 7.11 Å². The third kappa shape index (κ3) is 4.09. The molecule has 0 aliphatic rings. The first-order valence-electron chi connectivity index (χ1n) is 3.93. The smallest absolute Gasteiger partial charge is 0.466 e. The highest BCUT2D eigenvalue weighted by molar-refractivity contribution is 7.87. The molecule has 0 aromatic rings. The number of methoxy groups -OCH3 is 1. The van der Waals surface area contributed by atoms with E-state index in [1.54, 1.807) is 0 Å². The van der Waals surface area contributed by atoms with Crippen molar-refractivity contribution in [1.82, 2.24) is 0 Å². The van der Waals surface area contributed by atoms with Gasteiger partial charge >= 0.3 is 21.6 Å². The Kier molecular flexibility index (Phi) is 4.79. The SMILES string of the molecule is CC/C(=C/C(=O)OC)OS(=O)(=O)C(F)(F)F. The molecule has 0 atom stereocenters. The highest BCUT2D eigenvalue weighted by Crippen LogP contribution is 2.27. The number of alkyl halides is 3. The largest absolute Gasteiger partial charge is 0.534 e. The van der Waals surface area contributed by atoms with Crippen LogP contribution in [0.2, 0.25) is 0 Å². The van der Waals surface area contributed by atoms with E-state index in [1.807, 2.05) is 0 Å². The minimum absolute atomic E-state index is 0.204. The summed E-state index contributed by atoms with van der Waals surface area (Å²) < 4.78 is 64.6. The second-order valence-electron chi connectivity index (χ2n) is 2.47. The molecule has 0 aliphatic carbocycles. The van der Waals surface area contributed by atoms with Crippen LogP contribution in [0.1, 0.15) is 13.3 Å². The average Bonchev–Trinajstić information content (AvgIpc) is 2.14. The summed E-state index contributed by atoms with van der Waals surface area (Å²) in [6.45, 7) is 1.32. The van der Waals surface area contributed by atoms with Crippen molar-refractivity contribution in [1.29, 1.82) is 0 Å². The summed E-state index contributed by atoms with van der Waals surface area (Å²) >= 11 is 0. The number of allylic oxidation sites excluding steroid dienone is 1. The molecular weight excluding hydrogens is 253 g/mol. The summed E-state index contributed by atoms with van der Waals surface area (Å²) in [5, 5.41) is 0. The van der Waals surface area contributed by atoms with Gasteiger partial charge in [0.2, 0.25) is 0 Å². The van der Waals surface area contributed by atoms with E-state index in [0.29, 0.717) is 6.08 Å². The lowest BCUT2D eigenvalue weighted by Gasteiger charge is -2.10. The summed E-state index contributed by atoms with van der Waals surface area (Å²) in [5.41, 5.74) is -5.53. The van der Waals surface area contributed by atoms with Crippen molar-refractivity contribution in [3.05, 3.63) is 11.8 Å². The number of carbonyl (C=O) groups excluding carboxylic acids is 1. The van der Waals surface area contributed by atoms with Crippen LogP contribution in [0.4, 0.5) is 13.2 Å². The Hall–Kier alpha value is -1.25. The quantitative estimate of drug-likeness (QED) is 0.251. The molecule has 0 aliphatic heterocycles. The maximum Gasteiger partial charge on any atom is 0.534 e. The van der Waals surface area contributed by atoms with E-state index in [-0.39, 0.29) is 6.42 Å². The Morgan fingerprint density at radius 1 is 1.38 bits per heavy atom. The number of hydrogen-bond acceptors (Lipinski definition) is 5. The van der Waals surface area contributed by atoms with E-state index in [9.17, 15) is 26.4 Å². The zero-order valence-corrected chi connectivity index (χ0v) is 9.18. The first-order valence-corrected chi connectivity index (χ1v) is 5.34. The van der Waals surface area contributed by atoms with Crippen LogP contribution in [0.15, 0.2) is 11.8 Å². The molecule has 5 nitrogen and oxygen atoms in total. The van der Waals surface area contributed by atoms with Gasteiger partial charge in [0.1, 0.15) is 5.76 Å². The first kappa shape index (κ1) is 14.8. The number of hydrogen-bond donors (Lipinski definition) is 0. The molecule has 9 heteroatoms. The number of ether oxygens (including phenoxy) is 1. The molecule has 0 rings (SSSR count). The molecular formula is C7H9F3O5S. The van der Waals surface area contributed by atoms with Crippen molar-refractivity contribution < 1.29 is 35.3 Å². The topological polar surface area (TPSA) is 69.7 Å². The lowest BCUT2D eigenvalue weighted by Crippen LogP contribution is -2.25. The fraction of sp³-hybridized carbons (Fsp3) is 0.571. The van der Waals surface area contributed by atoms with Gasteiger partial charge in [-0.2, -0.15) is 21.6 Å². The number of rotatable bonds is 4. The summed E-state index contributed by atoms with van der Waals surface area (Å²) in [6.07, 6.45) is 0.327. The Bertz CT molecular complexity index is 381. The Labute approximate surface area is 90.0 Å². The lowest BCUT2D eigenvalue weighted by atomic mass is 10.4. The predicted molar refractivity (Wildman–Crippen MR) is 46.4 cm³/mol. The van der Waals surface area contributed by atoms with Crippen LogP contribution in [0.25, 0.3) is 0 Å². The fourth-order valence-corrected chi connectivity index (χ4v) is 1.11. The molecule has 0 saturated carbocycles. The Balaban J connectivity index is 4.96. The van der Waals surface area contributed by atoms with Gasteiger partial charge in [-0.1, -0.05) is 6.92 Å². The predicted octanol–water partition coefficient (Wildman–Crippen LogP) is 1.32. The zero-order chi connectivity index (χ0) is 13.0. The zero-order valence-electron chi connectivity index (χ0n) is 8.37. The molecule has 0 spiro atoms. The first-order chi connectivity index (χ1) is 7.14. The second-order valence-corrected chi connectivity index (χ2v) is 4.01.